The van der Waals surface area contributed by atoms with Crippen molar-refractivity contribution >= 4 is 17.6 Å². The quantitative estimate of drug-likeness (QED) is 0.0543. The summed E-state index contributed by atoms with van der Waals surface area (Å²) in [5.74, 6) is -33.2. The monoisotopic (exact) mass is 539 g/mol. The minimum absolute atomic E-state index is 0.388. The number of hydrogen-bond donors (Lipinski definition) is 0. The second-order valence-corrected chi connectivity index (χ2v) is 6.54. The van der Waals surface area contributed by atoms with Crippen molar-refractivity contribution in [3.63, 3.8) is 0 Å². The molecule has 0 fully saturated rings. The van der Waals surface area contributed by atoms with E-state index in [1.165, 1.54) is 0 Å². The standard InChI is InChI=1S/C20H3F10N3O4/c21-7-9(23)13(27)17(14(28)10(7)24)36-19(34)4-1-5(3-6(2-4)32-33-31)20(35)37-18-15(29)11(25)8(22)12(26)16(18)30/h1-3H. The van der Waals surface area contributed by atoms with Crippen LogP contribution < -0.4 is 9.47 Å². The molecule has 0 atom stereocenters. The predicted molar refractivity (Wildman–Crippen MR) is 97.6 cm³/mol. The van der Waals surface area contributed by atoms with Gasteiger partial charge in [-0.05, 0) is 23.7 Å². The molecule has 192 valence electrons. The Balaban J connectivity index is 2.04. The van der Waals surface area contributed by atoms with Crippen LogP contribution in [0.5, 0.6) is 11.5 Å². The first-order valence-corrected chi connectivity index (χ1v) is 8.97. The van der Waals surface area contributed by atoms with Crippen LogP contribution >= 0.6 is 0 Å². The molecule has 3 rings (SSSR count). The number of halogens is 10. The first-order valence-electron chi connectivity index (χ1n) is 8.97. The van der Waals surface area contributed by atoms with E-state index >= 15 is 0 Å². The molecule has 7 nitrogen and oxygen atoms in total. The summed E-state index contributed by atoms with van der Waals surface area (Å²) < 4.78 is 143. The van der Waals surface area contributed by atoms with Gasteiger partial charge in [0.25, 0.3) is 0 Å². The van der Waals surface area contributed by atoms with Crippen molar-refractivity contribution in [3.8, 4) is 11.5 Å². The van der Waals surface area contributed by atoms with E-state index in [2.05, 4.69) is 19.5 Å². The SMILES string of the molecule is [N-]=[N+]=Nc1cc(C(=O)Oc2c(F)c(F)c(F)c(F)c2F)cc(C(=O)Oc2c(F)c(F)c(F)c(F)c2F)c1. The average Bonchev–Trinajstić information content (AvgIpc) is 2.88. The number of carbonyl (C=O) groups excluding carboxylic acids is 2. The minimum Gasteiger partial charge on any atom is -0.416 e. The van der Waals surface area contributed by atoms with E-state index in [4.69, 9.17) is 5.53 Å². The summed E-state index contributed by atoms with van der Waals surface area (Å²) in [5, 5.41) is 2.99. The van der Waals surface area contributed by atoms with Crippen molar-refractivity contribution in [2.75, 3.05) is 0 Å². The van der Waals surface area contributed by atoms with Crippen molar-refractivity contribution in [1.82, 2.24) is 0 Å². The van der Waals surface area contributed by atoms with Crippen molar-refractivity contribution in [2.45, 2.75) is 0 Å². The normalized spacial score (nSPS) is 10.6. The fraction of sp³-hybridized carbons (Fsp3) is 0. The summed E-state index contributed by atoms with van der Waals surface area (Å²) in [4.78, 5) is 26.9. The highest BCUT2D eigenvalue weighted by molar-refractivity contribution is 5.98. The lowest BCUT2D eigenvalue weighted by Gasteiger charge is -2.11. The summed E-state index contributed by atoms with van der Waals surface area (Å²) in [6, 6.07) is 1.53. The molecule has 0 radical (unpaired) electrons. The maximum atomic E-state index is 13.8. The molecular weight excluding hydrogens is 536 g/mol. The van der Waals surface area contributed by atoms with Gasteiger partial charge in [-0.1, -0.05) is 5.11 Å². The second kappa shape index (κ2) is 10.1. The molecule has 0 aliphatic carbocycles. The van der Waals surface area contributed by atoms with Crippen LogP contribution in [0.4, 0.5) is 49.6 Å². The number of rotatable bonds is 5. The summed E-state index contributed by atoms with van der Waals surface area (Å²) in [6.45, 7) is 0. The Labute approximate surface area is 196 Å². The first-order chi connectivity index (χ1) is 17.3. The Morgan fingerprint density at radius 1 is 0.568 bits per heavy atom. The van der Waals surface area contributed by atoms with Crippen LogP contribution in [-0.4, -0.2) is 11.9 Å². The molecule has 0 saturated heterocycles. The third-order valence-corrected chi connectivity index (χ3v) is 4.28. The molecule has 0 aliphatic rings. The topological polar surface area (TPSA) is 101 Å². The number of ether oxygens (including phenoxy) is 2. The van der Waals surface area contributed by atoms with E-state index in [0.29, 0.717) is 18.2 Å². The van der Waals surface area contributed by atoms with Gasteiger partial charge in [0.05, 0.1) is 11.1 Å². The zero-order chi connectivity index (χ0) is 27.8. The molecule has 0 aliphatic heterocycles. The predicted octanol–water partition coefficient (Wildman–Crippen LogP) is 6.46. The number of hydrogen-bond acceptors (Lipinski definition) is 5. The van der Waals surface area contributed by atoms with Gasteiger partial charge in [-0.3, -0.25) is 0 Å². The van der Waals surface area contributed by atoms with Crippen molar-refractivity contribution < 1.29 is 63.0 Å². The molecule has 0 heterocycles. The van der Waals surface area contributed by atoms with Crippen LogP contribution in [0.25, 0.3) is 10.4 Å². The average molecular weight is 539 g/mol. The molecule has 0 N–H and O–H groups in total. The lowest BCUT2D eigenvalue weighted by Crippen LogP contribution is -2.16. The maximum absolute atomic E-state index is 13.8. The Kier molecular flexibility index (Phi) is 7.29. The zero-order valence-corrected chi connectivity index (χ0v) is 17.0. The van der Waals surface area contributed by atoms with Gasteiger partial charge in [-0.25, -0.2) is 35.9 Å². The highest BCUT2D eigenvalue weighted by Crippen LogP contribution is 2.32. The number of azide groups is 1. The van der Waals surface area contributed by atoms with Crippen LogP contribution in [0.3, 0.4) is 0 Å². The van der Waals surface area contributed by atoms with Gasteiger partial charge in [0.15, 0.2) is 0 Å². The molecule has 37 heavy (non-hydrogen) atoms. The van der Waals surface area contributed by atoms with Gasteiger partial charge in [-0.15, -0.1) is 0 Å². The van der Waals surface area contributed by atoms with E-state index in [1.807, 2.05) is 0 Å². The Morgan fingerprint density at radius 3 is 1.16 bits per heavy atom. The second-order valence-electron chi connectivity index (χ2n) is 6.54. The van der Waals surface area contributed by atoms with Gasteiger partial charge in [-0.2, -0.15) is 17.6 Å². The third kappa shape index (κ3) is 4.84. The van der Waals surface area contributed by atoms with Crippen molar-refractivity contribution in [2.24, 2.45) is 5.11 Å². The zero-order valence-electron chi connectivity index (χ0n) is 17.0. The summed E-state index contributed by atoms with van der Waals surface area (Å²) >= 11 is 0. The molecule has 0 amide bonds. The number of benzene rings is 3. The summed E-state index contributed by atoms with van der Waals surface area (Å²) in [7, 11) is 0. The van der Waals surface area contributed by atoms with Crippen LogP contribution in [0.1, 0.15) is 20.7 Å². The van der Waals surface area contributed by atoms with E-state index in [9.17, 15) is 53.5 Å². The van der Waals surface area contributed by atoms with Gasteiger partial charge < -0.3 is 9.47 Å². The molecule has 0 aromatic heterocycles. The van der Waals surface area contributed by atoms with Crippen LogP contribution in [0, 0.1) is 58.2 Å². The Bertz CT molecular complexity index is 1380. The molecule has 17 heteroatoms. The molecular formula is C20H3F10N3O4. The van der Waals surface area contributed by atoms with Gasteiger partial charge >= 0.3 is 11.9 Å². The number of esters is 2. The van der Waals surface area contributed by atoms with Gasteiger partial charge in [0.1, 0.15) is 0 Å². The van der Waals surface area contributed by atoms with Crippen LogP contribution in [0.15, 0.2) is 23.3 Å². The van der Waals surface area contributed by atoms with Crippen molar-refractivity contribution in [3.05, 3.63) is 97.9 Å². The molecule has 0 unspecified atom stereocenters. The van der Waals surface area contributed by atoms with E-state index in [1.54, 1.807) is 0 Å². The Hall–Kier alpha value is -4.79. The third-order valence-electron chi connectivity index (χ3n) is 4.28. The number of nitrogens with zero attached hydrogens (tertiary/aromatic N) is 3. The largest absolute Gasteiger partial charge is 0.416 e. The molecule has 0 spiro atoms. The molecule has 3 aromatic rings. The van der Waals surface area contributed by atoms with E-state index in [-0.39, 0.29) is 0 Å². The van der Waals surface area contributed by atoms with Crippen molar-refractivity contribution in [1.29, 1.82) is 0 Å². The summed E-state index contributed by atoms with van der Waals surface area (Å²) in [5.41, 5.74) is 5.90. The van der Waals surface area contributed by atoms with Crippen LogP contribution in [0.2, 0.25) is 0 Å². The lowest BCUT2D eigenvalue weighted by molar-refractivity contribution is 0.0715. The Morgan fingerprint density at radius 2 is 0.865 bits per heavy atom. The first kappa shape index (κ1) is 26.8. The molecule has 0 saturated carbocycles. The summed E-state index contributed by atoms with van der Waals surface area (Å²) in [6.07, 6.45) is 0. The minimum atomic E-state index is -2.57. The van der Waals surface area contributed by atoms with Gasteiger partial charge in [0.2, 0.25) is 69.7 Å². The van der Waals surface area contributed by atoms with E-state index in [0.717, 1.165) is 0 Å². The maximum Gasteiger partial charge on any atom is 0.343 e. The fourth-order valence-corrected chi connectivity index (χ4v) is 2.61. The lowest BCUT2D eigenvalue weighted by atomic mass is 10.1. The number of carbonyl (C=O) groups is 2. The highest BCUT2D eigenvalue weighted by atomic mass is 19.2. The van der Waals surface area contributed by atoms with Crippen LogP contribution in [-0.2, 0) is 0 Å². The van der Waals surface area contributed by atoms with Gasteiger partial charge in [0, 0.05) is 10.6 Å². The van der Waals surface area contributed by atoms with E-state index < -0.39 is 98.4 Å². The fourth-order valence-electron chi connectivity index (χ4n) is 2.61. The highest BCUT2D eigenvalue weighted by Gasteiger charge is 2.31. The smallest absolute Gasteiger partial charge is 0.343 e. The molecule has 3 aromatic carbocycles. The molecule has 0 bridgehead atoms.